The van der Waals surface area contributed by atoms with E-state index in [2.05, 4.69) is 27.6 Å². The standard InChI is InChI=1S/C25H23N3O3/c29-23(26-25-28-27-24(31-25)22-12-7-15-30-22)21-16-19(17-8-3-1-4-9-17)13-14-20(21)18-10-5-2-6-11-18/h1,3-4,7-9,12-16,18H,2,5-6,10-11H2,(H,26,28,29). The van der Waals surface area contributed by atoms with Crippen molar-refractivity contribution in [1.82, 2.24) is 10.2 Å². The van der Waals surface area contributed by atoms with Gasteiger partial charge in [0.2, 0.25) is 0 Å². The predicted molar refractivity (Wildman–Crippen MR) is 118 cm³/mol. The molecule has 2 aromatic carbocycles. The fourth-order valence-corrected chi connectivity index (χ4v) is 4.27. The highest BCUT2D eigenvalue weighted by Crippen LogP contribution is 2.36. The van der Waals surface area contributed by atoms with Crippen LogP contribution in [-0.4, -0.2) is 16.1 Å². The number of benzene rings is 2. The second-order valence-corrected chi connectivity index (χ2v) is 7.85. The normalized spacial score (nSPS) is 14.5. The van der Waals surface area contributed by atoms with Crippen molar-refractivity contribution in [1.29, 1.82) is 0 Å². The number of furan rings is 1. The van der Waals surface area contributed by atoms with E-state index in [1.807, 2.05) is 36.4 Å². The largest absolute Gasteiger partial charge is 0.459 e. The van der Waals surface area contributed by atoms with Crippen LogP contribution in [0.15, 0.2) is 75.8 Å². The lowest BCUT2D eigenvalue weighted by atomic mass is 9.81. The van der Waals surface area contributed by atoms with Gasteiger partial charge in [0.05, 0.1) is 6.26 Å². The minimum Gasteiger partial charge on any atom is -0.459 e. The van der Waals surface area contributed by atoms with Crippen LogP contribution in [0.2, 0.25) is 0 Å². The van der Waals surface area contributed by atoms with Crippen LogP contribution in [0, 0.1) is 0 Å². The molecule has 0 radical (unpaired) electrons. The summed E-state index contributed by atoms with van der Waals surface area (Å²) in [5.74, 6) is 0.835. The molecule has 2 aromatic heterocycles. The van der Waals surface area contributed by atoms with Crippen LogP contribution in [0.3, 0.4) is 0 Å². The molecule has 1 amide bonds. The van der Waals surface area contributed by atoms with Gasteiger partial charge < -0.3 is 8.83 Å². The molecule has 1 N–H and O–H groups in total. The molecular weight excluding hydrogens is 390 g/mol. The molecule has 1 aliphatic rings. The Hall–Kier alpha value is -3.67. The number of nitrogens with zero attached hydrogens (tertiary/aromatic N) is 2. The first-order chi connectivity index (χ1) is 15.3. The Balaban J connectivity index is 1.47. The number of hydrogen-bond acceptors (Lipinski definition) is 5. The predicted octanol–water partition coefficient (Wildman–Crippen LogP) is 6.30. The van der Waals surface area contributed by atoms with Crippen molar-refractivity contribution in [2.24, 2.45) is 0 Å². The zero-order valence-corrected chi connectivity index (χ0v) is 17.1. The molecule has 0 unspecified atom stereocenters. The minimum atomic E-state index is -0.243. The first kappa shape index (κ1) is 19.3. The average molecular weight is 413 g/mol. The molecule has 0 bridgehead atoms. The van der Waals surface area contributed by atoms with Crippen LogP contribution in [0.25, 0.3) is 22.8 Å². The van der Waals surface area contributed by atoms with E-state index in [1.165, 1.54) is 25.5 Å². The number of hydrogen-bond donors (Lipinski definition) is 1. The first-order valence-corrected chi connectivity index (χ1v) is 10.7. The van der Waals surface area contributed by atoms with Gasteiger partial charge in [0.25, 0.3) is 11.8 Å². The van der Waals surface area contributed by atoms with Crippen LogP contribution >= 0.6 is 0 Å². The number of amides is 1. The summed E-state index contributed by atoms with van der Waals surface area (Å²) in [5, 5.41) is 10.7. The summed E-state index contributed by atoms with van der Waals surface area (Å²) in [6.07, 6.45) is 7.40. The zero-order chi connectivity index (χ0) is 21.0. The summed E-state index contributed by atoms with van der Waals surface area (Å²) in [4.78, 5) is 13.3. The van der Waals surface area contributed by atoms with Crippen molar-refractivity contribution in [2.75, 3.05) is 5.32 Å². The van der Waals surface area contributed by atoms with E-state index in [9.17, 15) is 4.79 Å². The van der Waals surface area contributed by atoms with Gasteiger partial charge in [0, 0.05) is 5.56 Å². The van der Waals surface area contributed by atoms with Crippen molar-refractivity contribution in [3.8, 4) is 22.8 Å². The molecule has 6 heteroatoms. The van der Waals surface area contributed by atoms with Gasteiger partial charge in [0.1, 0.15) is 0 Å². The molecule has 31 heavy (non-hydrogen) atoms. The molecule has 2 heterocycles. The lowest BCUT2D eigenvalue weighted by molar-refractivity contribution is 0.102. The highest BCUT2D eigenvalue weighted by Gasteiger charge is 2.23. The molecule has 0 atom stereocenters. The third-order valence-corrected chi connectivity index (χ3v) is 5.83. The van der Waals surface area contributed by atoms with Crippen LogP contribution in [0.5, 0.6) is 0 Å². The molecule has 4 aromatic rings. The van der Waals surface area contributed by atoms with Gasteiger partial charge in [-0.3, -0.25) is 10.1 Å². The van der Waals surface area contributed by atoms with E-state index in [0.29, 0.717) is 17.2 Å². The molecule has 1 fully saturated rings. The number of carbonyl (C=O) groups is 1. The van der Waals surface area contributed by atoms with E-state index in [1.54, 1.807) is 12.1 Å². The minimum absolute atomic E-state index is 0.0520. The summed E-state index contributed by atoms with van der Waals surface area (Å²) in [6.45, 7) is 0. The number of nitrogens with one attached hydrogen (secondary N) is 1. The van der Waals surface area contributed by atoms with Crippen molar-refractivity contribution >= 4 is 11.9 Å². The number of carbonyl (C=O) groups excluding carboxylic acids is 1. The fraction of sp³-hybridized carbons (Fsp3) is 0.240. The van der Waals surface area contributed by atoms with Crippen LogP contribution < -0.4 is 5.32 Å². The monoisotopic (exact) mass is 413 g/mol. The van der Waals surface area contributed by atoms with Crippen molar-refractivity contribution in [2.45, 2.75) is 38.0 Å². The van der Waals surface area contributed by atoms with Crippen LogP contribution in [0.1, 0.15) is 53.9 Å². The lowest BCUT2D eigenvalue weighted by Gasteiger charge is -2.24. The Bertz CT molecular complexity index is 1160. The Morgan fingerprint density at radius 2 is 1.74 bits per heavy atom. The summed E-state index contributed by atoms with van der Waals surface area (Å²) in [5.41, 5.74) is 3.82. The molecule has 6 nitrogen and oxygen atoms in total. The highest BCUT2D eigenvalue weighted by molar-refractivity contribution is 6.05. The van der Waals surface area contributed by atoms with E-state index in [4.69, 9.17) is 8.83 Å². The highest BCUT2D eigenvalue weighted by atomic mass is 16.4. The third kappa shape index (κ3) is 4.14. The number of anilines is 1. The summed E-state index contributed by atoms with van der Waals surface area (Å²) in [6, 6.07) is 19.8. The van der Waals surface area contributed by atoms with E-state index in [0.717, 1.165) is 29.5 Å². The Labute approximate surface area is 180 Å². The van der Waals surface area contributed by atoms with Gasteiger partial charge in [-0.1, -0.05) is 66.8 Å². The van der Waals surface area contributed by atoms with E-state index >= 15 is 0 Å². The number of aromatic nitrogens is 2. The first-order valence-electron chi connectivity index (χ1n) is 10.7. The maximum Gasteiger partial charge on any atom is 0.322 e. The van der Waals surface area contributed by atoms with Gasteiger partial charge in [-0.15, -0.1) is 5.10 Å². The molecule has 156 valence electrons. The van der Waals surface area contributed by atoms with Gasteiger partial charge in [-0.25, -0.2) is 0 Å². The number of rotatable bonds is 5. The van der Waals surface area contributed by atoms with Crippen LogP contribution in [-0.2, 0) is 0 Å². The SMILES string of the molecule is O=C(Nc1nnc(-c2ccco2)o1)c1cc(-c2ccccc2)ccc1C1CCCCC1. The Kier molecular flexibility index (Phi) is 5.35. The van der Waals surface area contributed by atoms with Crippen molar-refractivity contribution < 1.29 is 13.6 Å². The Morgan fingerprint density at radius 1 is 0.903 bits per heavy atom. The quantitative estimate of drug-likeness (QED) is 0.415. The molecule has 1 aliphatic carbocycles. The Morgan fingerprint density at radius 3 is 2.52 bits per heavy atom. The molecule has 5 rings (SSSR count). The van der Waals surface area contributed by atoms with Crippen molar-refractivity contribution in [3.05, 3.63) is 78.1 Å². The second kappa shape index (κ2) is 8.60. The van der Waals surface area contributed by atoms with Gasteiger partial charge >= 0.3 is 6.01 Å². The third-order valence-electron chi connectivity index (χ3n) is 5.83. The fourth-order valence-electron chi connectivity index (χ4n) is 4.27. The maximum atomic E-state index is 13.3. The molecular formula is C25H23N3O3. The summed E-state index contributed by atoms with van der Waals surface area (Å²) >= 11 is 0. The van der Waals surface area contributed by atoms with Gasteiger partial charge in [-0.2, -0.15) is 0 Å². The second-order valence-electron chi connectivity index (χ2n) is 7.85. The smallest absolute Gasteiger partial charge is 0.322 e. The maximum absolute atomic E-state index is 13.3. The summed E-state index contributed by atoms with van der Waals surface area (Å²) < 4.78 is 10.8. The molecule has 1 saturated carbocycles. The van der Waals surface area contributed by atoms with Crippen molar-refractivity contribution in [3.63, 3.8) is 0 Å². The average Bonchev–Trinajstić information content (AvgIpc) is 3.52. The van der Waals surface area contributed by atoms with Gasteiger partial charge in [0.15, 0.2) is 5.76 Å². The zero-order valence-electron chi connectivity index (χ0n) is 17.1. The van der Waals surface area contributed by atoms with E-state index < -0.39 is 0 Å². The van der Waals surface area contributed by atoms with E-state index in [-0.39, 0.29) is 17.8 Å². The molecule has 0 aliphatic heterocycles. The topological polar surface area (TPSA) is 81.2 Å². The van der Waals surface area contributed by atoms with Crippen LogP contribution in [0.4, 0.5) is 6.01 Å². The molecule has 0 saturated heterocycles. The molecule has 0 spiro atoms. The van der Waals surface area contributed by atoms with Gasteiger partial charge in [-0.05, 0) is 53.6 Å². The lowest BCUT2D eigenvalue weighted by Crippen LogP contribution is -2.17. The summed E-state index contributed by atoms with van der Waals surface area (Å²) in [7, 11) is 0.